The van der Waals surface area contributed by atoms with Gasteiger partial charge in [-0.1, -0.05) is 50.9 Å². The Labute approximate surface area is 220 Å². The second kappa shape index (κ2) is 9.31. The molecule has 5 rings (SSSR count). The second-order valence-electron chi connectivity index (χ2n) is 11.5. The van der Waals surface area contributed by atoms with Crippen LogP contribution in [0.5, 0.6) is 0 Å². The summed E-state index contributed by atoms with van der Waals surface area (Å²) in [5, 5.41) is 3.50. The van der Waals surface area contributed by atoms with E-state index in [9.17, 15) is 9.59 Å². The van der Waals surface area contributed by atoms with Crippen LogP contribution in [0.2, 0.25) is 10.0 Å². The zero-order valence-corrected chi connectivity index (χ0v) is 22.4. The van der Waals surface area contributed by atoms with E-state index < -0.39 is 35.8 Å². The van der Waals surface area contributed by atoms with Gasteiger partial charge in [-0.3, -0.25) is 9.59 Å². The van der Waals surface area contributed by atoms with Crippen molar-refractivity contribution in [2.45, 2.75) is 76.9 Å². The molecule has 2 N–H and O–H groups in total. The number of benzene rings is 1. The minimum atomic E-state index is -2.20. The van der Waals surface area contributed by atoms with E-state index >= 15 is 0 Å². The Bertz CT molecular complexity index is 1020. The van der Waals surface area contributed by atoms with Crippen LogP contribution in [0.15, 0.2) is 18.2 Å². The summed E-state index contributed by atoms with van der Waals surface area (Å²) in [6.45, 7) is 10.8. The second-order valence-corrected chi connectivity index (χ2v) is 12.3. The first-order valence-corrected chi connectivity index (χ1v) is 12.9. The molecule has 35 heavy (non-hydrogen) atoms. The van der Waals surface area contributed by atoms with E-state index in [2.05, 4.69) is 31.4 Å². The minimum absolute atomic E-state index is 0.0268. The van der Waals surface area contributed by atoms with Gasteiger partial charge in [-0.2, -0.15) is 0 Å². The molecule has 1 saturated heterocycles. The van der Waals surface area contributed by atoms with Gasteiger partial charge in [-0.05, 0) is 67.6 Å². The van der Waals surface area contributed by atoms with Gasteiger partial charge in [0.1, 0.15) is 15.7 Å². The van der Waals surface area contributed by atoms with Crippen LogP contribution >= 0.6 is 23.2 Å². The summed E-state index contributed by atoms with van der Waals surface area (Å²) in [4.78, 5) is 25.9. The van der Waals surface area contributed by atoms with E-state index in [-0.39, 0.29) is 28.0 Å². The third kappa shape index (κ3) is 4.91. The first-order chi connectivity index (χ1) is 16.1. The topological polar surface area (TPSA) is 76.7 Å². The predicted octanol–water partition coefficient (Wildman–Crippen LogP) is 3.51. The number of amides is 2. The van der Waals surface area contributed by atoms with E-state index in [4.69, 9.17) is 48.2 Å². The lowest BCUT2D eigenvalue weighted by Gasteiger charge is -2.64. The molecule has 11 heteroatoms. The third-order valence-electron chi connectivity index (χ3n) is 8.21. The van der Waals surface area contributed by atoms with Crippen LogP contribution < -0.4 is 10.6 Å². The fourth-order valence-corrected chi connectivity index (χ4v) is 6.46. The maximum Gasteiger partial charge on any atom is 0.481 e. The number of halogens is 2. The molecule has 1 aromatic rings. The summed E-state index contributed by atoms with van der Waals surface area (Å²) in [6, 6.07) is 4.41. The minimum Gasteiger partial charge on any atom is -0.404 e. The monoisotopic (exact) mass is 514 g/mol. The molecule has 5 atom stereocenters. The standard InChI is InChI=1S/C24H31B3Cl2N2O4/c1-12(2)8-19(27-34-18-10-13-9-17(22(13,3)4)23(18,5)35-27)30-21(33)24(25,26)31-20(32)15-11-14(28)6-7-16(15)29/h6-7,11-13,17-19H,8-10H2,1-5H3,(H,30,33)(H,31,32)/t13-,17-,18+,19-,23-/m0/s1. The summed E-state index contributed by atoms with van der Waals surface area (Å²) >= 11 is 12.1. The van der Waals surface area contributed by atoms with E-state index in [1.807, 2.05) is 13.8 Å². The molecule has 0 spiro atoms. The van der Waals surface area contributed by atoms with Crippen LogP contribution in [0.25, 0.3) is 0 Å². The van der Waals surface area contributed by atoms with E-state index in [0.717, 1.165) is 12.8 Å². The summed E-state index contributed by atoms with van der Waals surface area (Å²) in [5.41, 5.74) is -0.147. The Morgan fingerprint density at radius 1 is 1.23 bits per heavy atom. The van der Waals surface area contributed by atoms with Crippen molar-refractivity contribution in [3.05, 3.63) is 33.8 Å². The van der Waals surface area contributed by atoms with Crippen molar-refractivity contribution in [3.8, 4) is 0 Å². The highest BCUT2D eigenvalue weighted by Gasteiger charge is 2.68. The average molecular weight is 515 g/mol. The highest BCUT2D eigenvalue weighted by atomic mass is 35.5. The number of carbonyl (C=O) groups is 2. The highest BCUT2D eigenvalue weighted by Crippen LogP contribution is 2.65. The maximum atomic E-state index is 13.2. The molecule has 4 fully saturated rings. The van der Waals surface area contributed by atoms with Crippen LogP contribution in [0, 0.1) is 23.2 Å². The summed E-state index contributed by atoms with van der Waals surface area (Å²) in [7, 11) is 11.5. The Morgan fingerprint density at radius 3 is 2.54 bits per heavy atom. The smallest absolute Gasteiger partial charge is 0.404 e. The molecule has 3 saturated carbocycles. The lowest BCUT2D eigenvalue weighted by atomic mass is 9.43. The molecule has 0 aromatic heterocycles. The lowest BCUT2D eigenvalue weighted by Crippen LogP contribution is -2.65. The van der Waals surface area contributed by atoms with Gasteiger partial charge >= 0.3 is 7.12 Å². The zero-order valence-electron chi connectivity index (χ0n) is 20.9. The van der Waals surface area contributed by atoms with E-state index in [1.54, 1.807) is 6.07 Å². The molecule has 2 amide bonds. The predicted molar refractivity (Wildman–Crippen MR) is 140 cm³/mol. The first-order valence-electron chi connectivity index (χ1n) is 12.1. The van der Waals surface area contributed by atoms with Crippen molar-refractivity contribution in [1.82, 2.24) is 10.6 Å². The number of nitrogens with one attached hydrogen (secondary N) is 2. The molecular weight excluding hydrogens is 484 g/mol. The fourth-order valence-electron chi connectivity index (χ4n) is 6.09. The number of carbonyl (C=O) groups excluding carboxylic acids is 2. The molecule has 1 aliphatic heterocycles. The quantitative estimate of drug-likeness (QED) is 0.546. The first kappa shape index (κ1) is 26.9. The van der Waals surface area contributed by atoms with Gasteiger partial charge in [-0.15, -0.1) is 0 Å². The van der Waals surface area contributed by atoms with E-state index in [0.29, 0.717) is 23.3 Å². The van der Waals surface area contributed by atoms with Crippen molar-refractivity contribution in [2.24, 2.45) is 23.2 Å². The van der Waals surface area contributed by atoms with Gasteiger partial charge in [0.25, 0.3) is 5.91 Å². The molecule has 6 nitrogen and oxygen atoms in total. The van der Waals surface area contributed by atoms with Crippen molar-refractivity contribution in [2.75, 3.05) is 0 Å². The van der Waals surface area contributed by atoms with Crippen LogP contribution in [-0.2, 0) is 14.1 Å². The SMILES string of the molecule is [B]C([B])(NC(=O)c1cc(Cl)ccc1Cl)C(=O)N[C@@H](CC(C)C)B1O[C@@H]2C[C@@H]3C[C@@H](C3(C)C)[C@]2(C)O1. The Balaban J connectivity index is 1.47. The van der Waals surface area contributed by atoms with Gasteiger partial charge in [0.2, 0.25) is 5.91 Å². The van der Waals surface area contributed by atoms with Crippen molar-refractivity contribution >= 4 is 57.8 Å². The third-order valence-corrected chi connectivity index (χ3v) is 8.77. The number of rotatable bonds is 7. The largest absolute Gasteiger partial charge is 0.481 e. The van der Waals surface area contributed by atoms with Crippen molar-refractivity contribution in [3.63, 3.8) is 0 Å². The number of hydrogen-bond donors (Lipinski definition) is 2. The fraction of sp³-hybridized carbons (Fsp3) is 0.667. The Hall–Kier alpha value is -1.15. The average Bonchev–Trinajstić information content (AvgIpc) is 3.11. The molecule has 4 radical (unpaired) electrons. The van der Waals surface area contributed by atoms with Gasteiger partial charge in [0.05, 0.1) is 28.2 Å². The van der Waals surface area contributed by atoms with Crippen LogP contribution in [0.1, 0.15) is 64.2 Å². The van der Waals surface area contributed by atoms with E-state index in [1.165, 1.54) is 12.1 Å². The Kier molecular flexibility index (Phi) is 7.15. The molecule has 3 aliphatic carbocycles. The number of hydrogen-bond acceptors (Lipinski definition) is 4. The van der Waals surface area contributed by atoms with Crippen molar-refractivity contribution < 1.29 is 18.9 Å². The molecular formula is C24H31B3Cl2N2O4. The molecule has 4 aliphatic rings. The van der Waals surface area contributed by atoms with Crippen LogP contribution in [0.4, 0.5) is 0 Å². The van der Waals surface area contributed by atoms with Gasteiger partial charge < -0.3 is 19.9 Å². The zero-order chi connectivity index (χ0) is 25.9. The maximum absolute atomic E-state index is 13.2. The summed E-state index contributed by atoms with van der Waals surface area (Å²) in [6.07, 6.45) is 2.62. The molecule has 1 aromatic carbocycles. The van der Waals surface area contributed by atoms with Crippen molar-refractivity contribution in [1.29, 1.82) is 0 Å². The van der Waals surface area contributed by atoms with Gasteiger partial charge in [0.15, 0.2) is 0 Å². The Morgan fingerprint density at radius 2 is 1.91 bits per heavy atom. The normalized spacial score (nSPS) is 29.8. The molecule has 1 heterocycles. The molecule has 2 bridgehead atoms. The molecule has 0 unspecified atom stereocenters. The van der Waals surface area contributed by atoms with Gasteiger partial charge in [-0.25, -0.2) is 0 Å². The van der Waals surface area contributed by atoms with Crippen LogP contribution in [0.3, 0.4) is 0 Å². The van der Waals surface area contributed by atoms with Crippen LogP contribution in [-0.4, -0.2) is 57.6 Å². The lowest BCUT2D eigenvalue weighted by molar-refractivity contribution is -0.199. The molecule has 184 valence electrons. The van der Waals surface area contributed by atoms with Gasteiger partial charge in [0, 0.05) is 10.4 Å². The highest BCUT2D eigenvalue weighted by molar-refractivity contribution is 6.53. The summed E-state index contributed by atoms with van der Waals surface area (Å²) in [5.74, 6) is -0.732. The summed E-state index contributed by atoms with van der Waals surface area (Å²) < 4.78 is 12.9.